The van der Waals surface area contributed by atoms with Crippen LogP contribution in [0.25, 0.3) is 0 Å². The molecule has 7 heteroatoms. The number of pyridine rings is 1. The highest BCUT2D eigenvalue weighted by Crippen LogP contribution is 2.22. The fourth-order valence-electron chi connectivity index (χ4n) is 3.57. The van der Waals surface area contributed by atoms with Gasteiger partial charge < -0.3 is 10.2 Å². The number of nitrogens with zero attached hydrogens (tertiary/aromatic N) is 3. The molecular weight excluding hydrogens is 395 g/mol. The summed E-state index contributed by atoms with van der Waals surface area (Å²) in [6.07, 6.45) is 2.47. The average molecular weight is 418 g/mol. The molecule has 31 heavy (non-hydrogen) atoms. The molecule has 158 valence electrons. The average Bonchev–Trinajstić information content (AvgIpc) is 2.81. The van der Waals surface area contributed by atoms with Crippen molar-refractivity contribution in [2.75, 3.05) is 18.0 Å². The molecule has 4 rings (SSSR count). The quantitative estimate of drug-likeness (QED) is 0.659. The summed E-state index contributed by atoms with van der Waals surface area (Å²) in [5, 5.41) is 2.84. The Bertz CT molecular complexity index is 1060. The van der Waals surface area contributed by atoms with Crippen LogP contribution in [0, 0.1) is 5.82 Å². The smallest absolute Gasteiger partial charge is 0.324 e. The van der Waals surface area contributed by atoms with E-state index >= 15 is 0 Å². The Labute approximate surface area is 180 Å². The molecule has 0 radical (unpaired) electrons. The SMILES string of the molecule is O=C(NCc1ccccn1)c1ccc(N2CCCN(Cc3ccccc3F)C2=O)cc1. The van der Waals surface area contributed by atoms with E-state index in [1.54, 1.807) is 58.5 Å². The van der Waals surface area contributed by atoms with Gasteiger partial charge in [-0.1, -0.05) is 24.3 Å². The molecule has 1 saturated heterocycles. The Morgan fingerprint density at radius 1 is 1.00 bits per heavy atom. The maximum Gasteiger partial charge on any atom is 0.324 e. The third-order valence-electron chi connectivity index (χ3n) is 5.23. The highest BCUT2D eigenvalue weighted by Gasteiger charge is 2.27. The molecule has 3 aromatic rings. The van der Waals surface area contributed by atoms with Gasteiger partial charge in [0.15, 0.2) is 0 Å². The molecule has 1 fully saturated rings. The number of carbonyl (C=O) groups excluding carboxylic acids is 2. The lowest BCUT2D eigenvalue weighted by atomic mass is 10.1. The first-order valence-corrected chi connectivity index (χ1v) is 10.2. The van der Waals surface area contributed by atoms with Gasteiger partial charge in [-0.05, 0) is 48.9 Å². The van der Waals surface area contributed by atoms with Crippen molar-refractivity contribution in [1.82, 2.24) is 15.2 Å². The van der Waals surface area contributed by atoms with Gasteiger partial charge in [-0.25, -0.2) is 9.18 Å². The predicted octanol–water partition coefficient (Wildman–Crippen LogP) is 3.98. The number of urea groups is 1. The maximum atomic E-state index is 14.0. The largest absolute Gasteiger partial charge is 0.346 e. The second-order valence-corrected chi connectivity index (χ2v) is 7.35. The van der Waals surface area contributed by atoms with Crippen molar-refractivity contribution < 1.29 is 14.0 Å². The second-order valence-electron chi connectivity index (χ2n) is 7.35. The Morgan fingerprint density at radius 3 is 2.52 bits per heavy atom. The van der Waals surface area contributed by atoms with E-state index in [-0.39, 0.29) is 24.3 Å². The predicted molar refractivity (Wildman–Crippen MR) is 116 cm³/mol. The van der Waals surface area contributed by atoms with Crippen molar-refractivity contribution >= 4 is 17.6 Å². The van der Waals surface area contributed by atoms with Crippen molar-refractivity contribution in [2.45, 2.75) is 19.5 Å². The van der Waals surface area contributed by atoms with Gasteiger partial charge in [-0.15, -0.1) is 0 Å². The molecule has 2 aromatic carbocycles. The zero-order chi connectivity index (χ0) is 21.6. The third-order valence-corrected chi connectivity index (χ3v) is 5.23. The van der Waals surface area contributed by atoms with Gasteiger partial charge >= 0.3 is 6.03 Å². The number of carbonyl (C=O) groups is 2. The molecule has 0 atom stereocenters. The molecule has 3 amide bonds. The molecule has 1 N–H and O–H groups in total. The molecule has 0 aliphatic carbocycles. The van der Waals surface area contributed by atoms with Gasteiger partial charge in [0, 0.05) is 36.1 Å². The van der Waals surface area contributed by atoms with Gasteiger partial charge in [-0.3, -0.25) is 14.7 Å². The van der Waals surface area contributed by atoms with Gasteiger partial charge in [0.25, 0.3) is 5.91 Å². The molecule has 0 spiro atoms. The van der Waals surface area contributed by atoms with Gasteiger partial charge in [0.05, 0.1) is 18.8 Å². The van der Waals surface area contributed by atoms with E-state index in [0.29, 0.717) is 36.4 Å². The van der Waals surface area contributed by atoms with Crippen LogP contribution in [0.2, 0.25) is 0 Å². The molecule has 6 nitrogen and oxygen atoms in total. The monoisotopic (exact) mass is 418 g/mol. The molecule has 1 aliphatic heterocycles. The zero-order valence-electron chi connectivity index (χ0n) is 17.0. The number of anilines is 1. The molecular formula is C24H23FN4O2. The molecule has 0 unspecified atom stereocenters. The number of hydrogen-bond donors (Lipinski definition) is 1. The minimum absolute atomic E-state index is 0.165. The van der Waals surface area contributed by atoms with Gasteiger partial charge in [-0.2, -0.15) is 0 Å². The van der Waals surface area contributed by atoms with Crippen LogP contribution in [-0.2, 0) is 13.1 Å². The van der Waals surface area contributed by atoms with E-state index in [2.05, 4.69) is 10.3 Å². The molecule has 1 aliphatic rings. The number of benzene rings is 2. The maximum absolute atomic E-state index is 14.0. The van der Waals surface area contributed by atoms with E-state index in [1.165, 1.54) is 6.07 Å². The van der Waals surface area contributed by atoms with E-state index in [0.717, 1.165) is 12.1 Å². The van der Waals surface area contributed by atoms with Gasteiger partial charge in [0.1, 0.15) is 5.82 Å². The summed E-state index contributed by atoms with van der Waals surface area (Å²) >= 11 is 0. The van der Waals surface area contributed by atoms with Crippen LogP contribution in [0.1, 0.15) is 28.0 Å². The molecule has 0 saturated carbocycles. The fourth-order valence-corrected chi connectivity index (χ4v) is 3.57. The second kappa shape index (κ2) is 9.38. The lowest BCUT2D eigenvalue weighted by molar-refractivity contribution is 0.0950. The summed E-state index contributed by atoms with van der Waals surface area (Å²) in [5.74, 6) is -0.517. The van der Waals surface area contributed by atoms with Crippen LogP contribution in [0.15, 0.2) is 72.9 Å². The van der Waals surface area contributed by atoms with Crippen molar-refractivity contribution in [1.29, 1.82) is 0 Å². The summed E-state index contributed by atoms with van der Waals surface area (Å²) in [7, 11) is 0. The summed E-state index contributed by atoms with van der Waals surface area (Å²) < 4.78 is 14.0. The Kier molecular flexibility index (Phi) is 6.21. The number of rotatable bonds is 6. The summed E-state index contributed by atoms with van der Waals surface area (Å²) in [6, 6.07) is 18.8. The van der Waals surface area contributed by atoms with Crippen LogP contribution in [0.5, 0.6) is 0 Å². The van der Waals surface area contributed by atoms with Crippen molar-refractivity contribution in [3.63, 3.8) is 0 Å². The van der Waals surface area contributed by atoms with E-state index < -0.39 is 0 Å². The first-order chi connectivity index (χ1) is 15.1. The van der Waals surface area contributed by atoms with Crippen LogP contribution in [0.3, 0.4) is 0 Å². The number of halogens is 1. The van der Waals surface area contributed by atoms with E-state index in [9.17, 15) is 14.0 Å². The number of nitrogens with one attached hydrogen (secondary N) is 1. The molecule has 1 aromatic heterocycles. The summed E-state index contributed by atoms with van der Waals surface area (Å²) in [6.45, 7) is 1.74. The number of aromatic nitrogens is 1. The van der Waals surface area contributed by atoms with Crippen LogP contribution in [0.4, 0.5) is 14.9 Å². The standard InChI is InChI=1S/C24H23FN4O2/c25-22-8-2-1-6-19(22)17-28-14-5-15-29(24(28)31)21-11-9-18(10-12-21)23(30)27-16-20-7-3-4-13-26-20/h1-4,6-13H,5,14-17H2,(H,27,30). The van der Waals surface area contributed by atoms with Crippen LogP contribution >= 0.6 is 0 Å². The van der Waals surface area contributed by atoms with E-state index in [1.807, 2.05) is 18.2 Å². The highest BCUT2D eigenvalue weighted by molar-refractivity contribution is 5.96. The number of amides is 3. The first kappa shape index (κ1) is 20.5. The van der Waals surface area contributed by atoms with Gasteiger partial charge in [0.2, 0.25) is 0 Å². The van der Waals surface area contributed by atoms with E-state index in [4.69, 9.17) is 0 Å². The fraction of sp³-hybridized carbons (Fsp3) is 0.208. The minimum Gasteiger partial charge on any atom is -0.346 e. The van der Waals surface area contributed by atoms with Crippen LogP contribution in [-0.4, -0.2) is 34.9 Å². The Morgan fingerprint density at radius 2 is 1.77 bits per heavy atom. The minimum atomic E-state index is -0.312. The Balaban J connectivity index is 1.40. The van der Waals surface area contributed by atoms with Crippen molar-refractivity contribution in [3.8, 4) is 0 Å². The Hall–Kier alpha value is -3.74. The number of hydrogen-bond acceptors (Lipinski definition) is 3. The first-order valence-electron chi connectivity index (χ1n) is 10.2. The summed E-state index contributed by atoms with van der Waals surface area (Å²) in [4.78, 5) is 32.9. The lowest BCUT2D eigenvalue weighted by Crippen LogP contribution is -2.49. The molecule has 2 heterocycles. The third kappa shape index (κ3) is 4.88. The summed E-state index contributed by atoms with van der Waals surface area (Å²) in [5.41, 5.74) is 2.50. The normalized spacial score (nSPS) is 13.9. The lowest BCUT2D eigenvalue weighted by Gasteiger charge is -2.35. The zero-order valence-corrected chi connectivity index (χ0v) is 17.0. The molecule has 0 bridgehead atoms. The van der Waals surface area contributed by atoms with Crippen LogP contribution < -0.4 is 10.2 Å². The van der Waals surface area contributed by atoms with Crippen molar-refractivity contribution in [3.05, 3.63) is 95.6 Å². The van der Waals surface area contributed by atoms with Crippen molar-refractivity contribution in [2.24, 2.45) is 0 Å². The highest BCUT2D eigenvalue weighted by atomic mass is 19.1. The topological polar surface area (TPSA) is 65.5 Å².